The zero-order valence-corrected chi connectivity index (χ0v) is 10.3. The predicted octanol–water partition coefficient (Wildman–Crippen LogP) is 1.80. The van der Waals surface area contributed by atoms with Crippen molar-refractivity contribution in [3.63, 3.8) is 0 Å². The van der Waals surface area contributed by atoms with Crippen LogP contribution in [0.25, 0.3) is 0 Å². The first kappa shape index (κ1) is 12.7. The van der Waals surface area contributed by atoms with Gasteiger partial charge in [0.25, 0.3) is 5.91 Å². The molecule has 0 bridgehead atoms. The Hall–Kier alpha value is -1.35. The van der Waals surface area contributed by atoms with Gasteiger partial charge in [-0.3, -0.25) is 4.79 Å². The van der Waals surface area contributed by atoms with Crippen molar-refractivity contribution < 1.29 is 9.90 Å². The van der Waals surface area contributed by atoms with Crippen molar-refractivity contribution in [1.29, 1.82) is 0 Å². The van der Waals surface area contributed by atoms with E-state index in [0.29, 0.717) is 5.56 Å². The summed E-state index contributed by atoms with van der Waals surface area (Å²) in [7, 11) is 0. The topological polar surface area (TPSA) is 49.3 Å². The van der Waals surface area contributed by atoms with E-state index >= 15 is 0 Å². The molecule has 0 radical (unpaired) electrons. The van der Waals surface area contributed by atoms with Crippen LogP contribution in [0.1, 0.15) is 35.3 Å². The fraction of sp³-hybridized carbons (Fsp3) is 0.462. The average molecular weight is 221 g/mol. The lowest BCUT2D eigenvalue weighted by Crippen LogP contribution is -2.38. The minimum atomic E-state index is -0.880. The molecule has 3 heteroatoms. The number of aryl methyl sites for hydroxylation is 2. The van der Waals surface area contributed by atoms with E-state index in [9.17, 15) is 9.90 Å². The van der Waals surface area contributed by atoms with Gasteiger partial charge in [0.05, 0.1) is 5.60 Å². The van der Waals surface area contributed by atoms with Gasteiger partial charge in [-0.1, -0.05) is 6.07 Å². The lowest BCUT2D eigenvalue weighted by molar-refractivity contribution is 0.0694. The molecule has 0 unspecified atom stereocenters. The summed E-state index contributed by atoms with van der Waals surface area (Å²) in [6, 6.07) is 5.57. The van der Waals surface area contributed by atoms with E-state index in [1.165, 1.54) is 5.56 Å². The molecule has 0 aromatic heterocycles. The van der Waals surface area contributed by atoms with Crippen LogP contribution in [0.3, 0.4) is 0 Å². The molecule has 1 rings (SSSR count). The first-order valence-corrected chi connectivity index (χ1v) is 5.37. The third-order valence-electron chi connectivity index (χ3n) is 2.45. The van der Waals surface area contributed by atoms with Crippen LogP contribution in [0.5, 0.6) is 0 Å². The Morgan fingerprint density at radius 2 is 1.94 bits per heavy atom. The van der Waals surface area contributed by atoms with Gasteiger partial charge in [0.1, 0.15) is 0 Å². The second-order valence-electron chi connectivity index (χ2n) is 4.79. The molecule has 16 heavy (non-hydrogen) atoms. The monoisotopic (exact) mass is 221 g/mol. The summed E-state index contributed by atoms with van der Waals surface area (Å²) < 4.78 is 0. The maximum Gasteiger partial charge on any atom is 0.251 e. The number of nitrogens with one attached hydrogen (secondary N) is 1. The van der Waals surface area contributed by atoms with Crippen LogP contribution < -0.4 is 5.32 Å². The Labute approximate surface area is 96.5 Å². The zero-order valence-electron chi connectivity index (χ0n) is 10.3. The number of aliphatic hydroxyl groups is 1. The second kappa shape index (κ2) is 4.66. The predicted molar refractivity (Wildman–Crippen MR) is 64.5 cm³/mol. The highest BCUT2D eigenvalue weighted by molar-refractivity contribution is 5.94. The van der Waals surface area contributed by atoms with Crippen molar-refractivity contribution in [1.82, 2.24) is 5.32 Å². The van der Waals surface area contributed by atoms with Crippen molar-refractivity contribution in [2.45, 2.75) is 33.3 Å². The summed E-state index contributed by atoms with van der Waals surface area (Å²) in [5.41, 5.74) is 2.01. The number of hydrogen-bond acceptors (Lipinski definition) is 2. The Morgan fingerprint density at radius 3 is 2.44 bits per heavy atom. The highest BCUT2D eigenvalue weighted by Crippen LogP contribution is 2.10. The summed E-state index contributed by atoms with van der Waals surface area (Å²) in [6.45, 7) is 7.55. The molecule has 1 aromatic rings. The fourth-order valence-corrected chi connectivity index (χ4v) is 1.28. The van der Waals surface area contributed by atoms with Crippen LogP contribution in [-0.4, -0.2) is 23.2 Å². The Balaban J connectivity index is 2.70. The van der Waals surface area contributed by atoms with E-state index in [2.05, 4.69) is 5.32 Å². The van der Waals surface area contributed by atoms with Gasteiger partial charge in [0, 0.05) is 12.1 Å². The molecule has 0 saturated heterocycles. The number of benzene rings is 1. The van der Waals surface area contributed by atoms with Crippen LogP contribution >= 0.6 is 0 Å². The normalized spacial score (nSPS) is 11.3. The van der Waals surface area contributed by atoms with Gasteiger partial charge in [-0.2, -0.15) is 0 Å². The summed E-state index contributed by atoms with van der Waals surface area (Å²) in [5.74, 6) is -0.148. The first-order valence-electron chi connectivity index (χ1n) is 5.37. The molecule has 0 aliphatic heterocycles. The first-order chi connectivity index (χ1) is 7.29. The molecule has 88 valence electrons. The van der Waals surface area contributed by atoms with E-state index in [1.807, 2.05) is 26.0 Å². The van der Waals surface area contributed by atoms with Crippen LogP contribution in [0.15, 0.2) is 18.2 Å². The average Bonchev–Trinajstić information content (AvgIpc) is 2.17. The zero-order chi connectivity index (χ0) is 12.3. The maximum atomic E-state index is 11.7. The lowest BCUT2D eigenvalue weighted by atomic mass is 10.1. The molecule has 0 aliphatic carbocycles. The third-order valence-corrected chi connectivity index (χ3v) is 2.45. The van der Waals surface area contributed by atoms with E-state index in [4.69, 9.17) is 0 Å². The van der Waals surface area contributed by atoms with Crippen molar-refractivity contribution in [2.24, 2.45) is 0 Å². The Bertz CT molecular complexity index is 391. The van der Waals surface area contributed by atoms with Gasteiger partial charge in [-0.15, -0.1) is 0 Å². The van der Waals surface area contributed by atoms with Gasteiger partial charge in [-0.25, -0.2) is 0 Å². The van der Waals surface area contributed by atoms with Crippen molar-refractivity contribution in [3.8, 4) is 0 Å². The number of carbonyl (C=O) groups is 1. The highest BCUT2D eigenvalue weighted by Gasteiger charge is 2.14. The SMILES string of the molecule is Cc1ccc(C(=O)NCC(C)(C)O)cc1C. The third kappa shape index (κ3) is 3.66. The number of carbonyl (C=O) groups excluding carboxylic acids is 1. The van der Waals surface area contributed by atoms with Crippen LogP contribution in [0.4, 0.5) is 0 Å². The molecule has 0 heterocycles. The van der Waals surface area contributed by atoms with Gasteiger partial charge in [-0.05, 0) is 51.0 Å². The number of rotatable bonds is 3. The van der Waals surface area contributed by atoms with Crippen molar-refractivity contribution >= 4 is 5.91 Å². The van der Waals surface area contributed by atoms with E-state index in [0.717, 1.165) is 5.56 Å². The highest BCUT2D eigenvalue weighted by atomic mass is 16.3. The van der Waals surface area contributed by atoms with Crippen molar-refractivity contribution in [2.75, 3.05) is 6.54 Å². The quantitative estimate of drug-likeness (QED) is 0.817. The Morgan fingerprint density at radius 1 is 1.31 bits per heavy atom. The van der Waals surface area contributed by atoms with Gasteiger partial charge in [0.15, 0.2) is 0 Å². The fourth-order valence-electron chi connectivity index (χ4n) is 1.28. The minimum absolute atomic E-state index is 0.148. The molecule has 0 spiro atoms. The van der Waals surface area contributed by atoms with Gasteiger partial charge >= 0.3 is 0 Å². The molecule has 2 N–H and O–H groups in total. The smallest absolute Gasteiger partial charge is 0.251 e. The Kier molecular flexibility index (Phi) is 3.70. The number of hydrogen-bond donors (Lipinski definition) is 2. The van der Waals surface area contributed by atoms with Crippen LogP contribution in [-0.2, 0) is 0 Å². The minimum Gasteiger partial charge on any atom is -0.389 e. The summed E-state index contributed by atoms with van der Waals surface area (Å²) in [6.07, 6.45) is 0. The van der Waals surface area contributed by atoms with Crippen LogP contribution in [0, 0.1) is 13.8 Å². The molecule has 1 amide bonds. The number of amides is 1. The maximum absolute atomic E-state index is 11.7. The second-order valence-corrected chi connectivity index (χ2v) is 4.79. The molecular formula is C13H19NO2. The lowest BCUT2D eigenvalue weighted by Gasteiger charge is -2.17. The van der Waals surface area contributed by atoms with E-state index < -0.39 is 5.60 Å². The van der Waals surface area contributed by atoms with E-state index in [1.54, 1.807) is 19.9 Å². The summed E-state index contributed by atoms with van der Waals surface area (Å²) >= 11 is 0. The standard InChI is InChI=1S/C13H19NO2/c1-9-5-6-11(7-10(9)2)12(15)14-8-13(3,4)16/h5-7,16H,8H2,1-4H3,(H,14,15). The van der Waals surface area contributed by atoms with Crippen molar-refractivity contribution in [3.05, 3.63) is 34.9 Å². The molecule has 0 atom stereocenters. The van der Waals surface area contributed by atoms with Crippen LogP contribution in [0.2, 0.25) is 0 Å². The molecule has 0 saturated carbocycles. The summed E-state index contributed by atoms with van der Waals surface area (Å²) in [4.78, 5) is 11.7. The largest absolute Gasteiger partial charge is 0.389 e. The molecular weight excluding hydrogens is 202 g/mol. The molecule has 1 aromatic carbocycles. The summed E-state index contributed by atoms with van der Waals surface area (Å²) in [5, 5.41) is 12.2. The van der Waals surface area contributed by atoms with E-state index in [-0.39, 0.29) is 12.5 Å². The van der Waals surface area contributed by atoms with Gasteiger partial charge in [0.2, 0.25) is 0 Å². The molecule has 0 fully saturated rings. The molecule has 3 nitrogen and oxygen atoms in total. The van der Waals surface area contributed by atoms with Gasteiger partial charge < -0.3 is 10.4 Å². The molecule has 0 aliphatic rings.